The van der Waals surface area contributed by atoms with Crippen LogP contribution in [0.4, 0.5) is 0 Å². The summed E-state index contributed by atoms with van der Waals surface area (Å²) in [5.74, 6) is -2.16. The molecule has 2 aliphatic heterocycles. The maximum Gasteiger partial charge on any atom is 0.251 e. The minimum Gasteiger partial charge on any atom is -0.355 e. The Kier molecular flexibility index (Phi) is 14.1. The highest BCUT2D eigenvalue weighted by Gasteiger charge is 2.50. The van der Waals surface area contributed by atoms with Gasteiger partial charge in [0.05, 0.1) is 10.7 Å². The lowest BCUT2D eigenvalue weighted by molar-refractivity contribution is -0.126. The van der Waals surface area contributed by atoms with Gasteiger partial charge in [-0.3, -0.25) is 39.4 Å². The Balaban J connectivity index is 1.32. The summed E-state index contributed by atoms with van der Waals surface area (Å²) in [6.45, 7) is 12.2. The van der Waals surface area contributed by atoms with Gasteiger partial charge in [-0.15, -0.1) is 23.5 Å². The number of thioether (sulfide) groups is 2. The number of carbonyl (C=O) groups is 6. The fraction of sp³-hybridized carbons (Fsp3) is 0.500. The van der Waals surface area contributed by atoms with Crippen molar-refractivity contribution in [3.63, 3.8) is 0 Å². The minimum absolute atomic E-state index is 0.136. The second-order valence-corrected chi connectivity index (χ2v) is 17.1. The fourth-order valence-electron chi connectivity index (χ4n) is 6.03. The molecular weight excluding hydrogens is 705 g/mol. The highest BCUT2D eigenvalue weighted by atomic mass is 32.2. The normalized spacial score (nSPS) is 22.7. The number of carbonyl (C=O) groups excluding carboxylic acids is 6. The van der Waals surface area contributed by atoms with E-state index in [1.165, 1.54) is 23.5 Å². The van der Waals surface area contributed by atoms with Gasteiger partial charge in [0.15, 0.2) is 0 Å². The van der Waals surface area contributed by atoms with Gasteiger partial charge in [0, 0.05) is 46.8 Å². The first-order valence-electron chi connectivity index (χ1n) is 17.4. The lowest BCUT2D eigenvalue weighted by Crippen LogP contribution is -2.58. The van der Waals surface area contributed by atoms with Gasteiger partial charge in [-0.25, -0.2) is 0 Å². The molecule has 0 spiro atoms. The van der Waals surface area contributed by atoms with Crippen LogP contribution < -0.4 is 42.5 Å². The first kappa shape index (κ1) is 40.6. The summed E-state index contributed by atoms with van der Waals surface area (Å²) in [6.07, 6.45) is 0. The third-order valence-electron chi connectivity index (χ3n) is 8.68. The molecule has 2 aromatic rings. The molecule has 282 valence electrons. The predicted octanol–water partition coefficient (Wildman–Crippen LogP) is 0.708. The molecule has 6 amide bonds. The molecule has 2 fully saturated rings. The summed E-state index contributed by atoms with van der Waals surface area (Å²) in [6, 6.07) is 13.9. The summed E-state index contributed by atoms with van der Waals surface area (Å²) in [4.78, 5) is 79.0. The predicted molar refractivity (Wildman–Crippen MR) is 204 cm³/mol. The van der Waals surface area contributed by atoms with Crippen LogP contribution in [0, 0.1) is 0 Å². The smallest absolute Gasteiger partial charge is 0.251 e. The van der Waals surface area contributed by atoms with Gasteiger partial charge in [0.25, 0.3) is 11.8 Å². The second kappa shape index (κ2) is 18.1. The summed E-state index contributed by atoms with van der Waals surface area (Å²) >= 11 is 2.78. The van der Waals surface area contributed by atoms with Crippen LogP contribution in [0.2, 0.25) is 0 Å². The van der Waals surface area contributed by atoms with Crippen molar-refractivity contribution in [1.29, 1.82) is 0 Å². The van der Waals surface area contributed by atoms with Crippen molar-refractivity contribution in [2.24, 2.45) is 0 Å². The van der Waals surface area contributed by atoms with Gasteiger partial charge in [-0.05, 0) is 65.8 Å². The van der Waals surface area contributed by atoms with Gasteiger partial charge in [-0.2, -0.15) is 0 Å². The van der Waals surface area contributed by atoms with Crippen LogP contribution in [0.25, 0.3) is 0 Å². The van der Waals surface area contributed by atoms with Crippen LogP contribution in [0.15, 0.2) is 60.7 Å². The minimum atomic E-state index is -0.947. The molecule has 0 radical (unpaired) electrons. The van der Waals surface area contributed by atoms with Gasteiger partial charge in [0.1, 0.15) is 24.2 Å². The van der Waals surface area contributed by atoms with Crippen molar-refractivity contribution in [3.05, 3.63) is 71.8 Å². The lowest BCUT2D eigenvalue weighted by Gasteiger charge is -2.25. The van der Waals surface area contributed by atoms with E-state index < -0.39 is 56.2 Å². The third kappa shape index (κ3) is 10.3. The number of nitrogens with one attached hydrogen (secondary N) is 8. The molecule has 0 bridgehead atoms. The van der Waals surface area contributed by atoms with E-state index in [-0.39, 0.29) is 36.7 Å². The summed E-state index contributed by atoms with van der Waals surface area (Å²) in [5, 5.41) is 22.3. The van der Waals surface area contributed by atoms with Gasteiger partial charge < -0.3 is 31.9 Å². The van der Waals surface area contributed by atoms with Gasteiger partial charge in [-0.1, -0.05) is 36.4 Å². The van der Waals surface area contributed by atoms with Crippen LogP contribution in [-0.2, 0) is 19.2 Å². The SMILES string of the molecule is CCNC(=O)[C@@H](NC(=O)c1ccccc1)[C@@H]1NC(C(=O)NCCNC(=O)[C@@H]2N[C@@H]([C@H](NC(=O)c3ccccc3)C(=O)NCC)SC2(C)C)C(C)(C)S1. The maximum absolute atomic E-state index is 13.4. The molecule has 6 atom stereocenters. The number of amides is 6. The Morgan fingerprint density at radius 2 is 0.942 bits per heavy atom. The average molecular weight is 755 g/mol. The number of likely N-dealkylation sites (N-methyl/N-ethyl adjacent to an activating group) is 2. The topological polar surface area (TPSA) is 199 Å². The Morgan fingerprint density at radius 1 is 0.596 bits per heavy atom. The molecule has 16 heteroatoms. The monoisotopic (exact) mass is 754 g/mol. The number of benzene rings is 2. The molecule has 0 saturated carbocycles. The van der Waals surface area contributed by atoms with E-state index in [2.05, 4.69) is 42.5 Å². The van der Waals surface area contributed by atoms with E-state index in [9.17, 15) is 28.8 Å². The standard InChI is InChI=1S/C36H50N8O6S2/c1-7-37-29(47)23(41-27(45)21-15-11-9-12-16-21)33-43-25(35(3,4)51-33)31(49)39-19-20-40-32(50)26-36(5,6)52-34(44-26)24(30(48)38-8-2)42-28(46)22-17-13-10-14-18-22/h9-18,23-26,33-34,43-44H,7-8,19-20H2,1-6H3,(H,37,47)(H,38,48)(H,39,49)(H,40,50)(H,41,45)(H,42,46)/t23-,24-,25+,26?,33-,34-/m1/s1. The Bertz CT molecular complexity index is 1480. The van der Waals surface area contributed by atoms with Crippen molar-refractivity contribution in [2.75, 3.05) is 26.2 Å². The molecule has 14 nitrogen and oxygen atoms in total. The first-order valence-corrected chi connectivity index (χ1v) is 19.1. The van der Waals surface area contributed by atoms with Crippen LogP contribution >= 0.6 is 23.5 Å². The highest BCUT2D eigenvalue weighted by molar-refractivity contribution is 8.01. The van der Waals surface area contributed by atoms with E-state index in [1.54, 1.807) is 74.5 Å². The third-order valence-corrected chi connectivity index (χ3v) is 11.7. The van der Waals surface area contributed by atoms with Crippen molar-refractivity contribution >= 4 is 59.0 Å². The Hall–Kier alpha value is -4.12. The van der Waals surface area contributed by atoms with Crippen LogP contribution in [0.1, 0.15) is 62.3 Å². The van der Waals surface area contributed by atoms with Crippen molar-refractivity contribution in [2.45, 2.75) is 86.0 Å². The molecule has 4 rings (SSSR count). The number of hydrogen-bond acceptors (Lipinski definition) is 10. The molecule has 2 heterocycles. The van der Waals surface area contributed by atoms with E-state index in [0.29, 0.717) is 24.2 Å². The maximum atomic E-state index is 13.4. The zero-order valence-electron chi connectivity index (χ0n) is 30.3. The molecule has 2 saturated heterocycles. The van der Waals surface area contributed by atoms with Crippen LogP contribution in [0.5, 0.6) is 0 Å². The quantitative estimate of drug-likeness (QED) is 0.120. The summed E-state index contributed by atoms with van der Waals surface area (Å²) in [5.41, 5.74) is 0.828. The molecule has 1 unspecified atom stereocenters. The Labute approximate surface area is 313 Å². The molecule has 8 N–H and O–H groups in total. The zero-order chi connectivity index (χ0) is 38.1. The fourth-order valence-corrected chi connectivity index (χ4v) is 9.02. The largest absolute Gasteiger partial charge is 0.355 e. The van der Waals surface area contributed by atoms with E-state index in [0.717, 1.165) is 0 Å². The van der Waals surface area contributed by atoms with E-state index in [4.69, 9.17) is 0 Å². The van der Waals surface area contributed by atoms with Crippen molar-refractivity contribution in [3.8, 4) is 0 Å². The lowest BCUT2D eigenvalue weighted by atomic mass is 10.0. The molecular formula is C36H50N8O6S2. The summed E-state index contributed by atoms with van der Waals surface area (Å²) in [7, 11) is 0. The van der Waals surface area contributed by atoms with Crippen LogP contribution in [-0.4, -0.2) is 106 Å². The first-order chi connectivity index (χ1) is 24.7. The molecule has 52 heavy (non-hydrogen) atoms. The van der Waals surface area contributed by atoms with Crippen LogP contribution in [0.3, 0.4) is 0 Å². The van der Waals surface area contributed by atoms with Crippen molar-refractivity contribution < 1.29 is 28.8 Å². The molecule has 0 aliphatic carbocycles. The van der Waals surface area contributed by atoms with Gasteiger partial charge in [0.2, 0.25) is 23.6 Å². The molecule has 2 aliphatic rings. The highest BCUT2D eigenvalue weighted by Crippen LogP contribution is 2.40. The van der Waals surface area contributed by atoms with Crippen molar-refractivity contribution in [1.82, 2.24) is 42.5 Å². The van der Waals surface area contributed by atoms with E-state index >= 15 is 0 Å². The molecule has 2 aromatic carbocycles. The van der Waals surface area contributed by atoms with Gasteiger partial charge >= 0.3 is 0 Å². The molecule has 0 aromatic heterocycles. The zero-order valence-corrected chi connectivity index (χ0v) is 32.0. The number of hydrogen-bond donors (Lipinski definition) is 8. The van der Waals surface area contributed by atoms with E-state index in [1.807, 2.05) is 27.7 Å². The second-order valence-electron chi connectivity index (χ2n) is 13.5. The summed E-state index contributed by atoms with van der Waals surface area (Å²) < 4.78 is -1.28. The average Bonchev–Trinajstić information content (AvgIpc) is 3.62. The Morgan fingerprint density at radius 3 is 1.27 bits per heavy atom. The number of rotatable bonds is 15.